The number of para-hydroxylation sites is 2. The van der Waals surface area contributed by atoms with Crippen LogP contribution in [0.15, 0.2) is 48.7 Å². The Hall–Kier alpha value is -2.80. The van der Waals surface area contributed by atoms with Gasteiger partial charge < -0.3 is 16.0 Å². The molecule has 1 aliphatic rings. The molecular formula is C18H17N5OS. The highest BCUT2D eigenvalue weighted by molar-refractivity contribution is 7.99. The number of fused-ring (bicyclic) bond motifs is 1. The van der Waals surface area contributed by atoms with Crippen LogP contribution in [-0.4, -0.2) is 34.0 Å². The minimum absolute atomic E-state index is 0.436. The maximum Gasteiger partial charge on any atom is 0.250 e. The third kappa shape index (κ3) is 3.10. The molecule has 2 heterocycles. The van der Waals surface area contributed by atoms with Crippen LogP contribution >= 0.6 is 11.8 Å². The predicted molar refractivity (Wildman–Crippen MR) is 102 cm³/mol. The molecule has 0 radical (unpaired) electrons. The molecule has 6 nitrogen and oxygen atoms in total. The van der Waals surface area contributed by atoms with Crippen molar-refractivity contribution in [1.82, 2.24) is 9.97 Å². The number of aromatic nitrogens is 2. The Morgan fingerprint density at radius 2 is 2.08 bits per heavy atom. The van der Waals surface area contributed by atoms with Gasteiger partial charge in [-0.3, -0.25) is 4.79 Å². The first-order chi connectivity index (χ1) is 12.2. The number of nitrogens with one attached hydrogen (secondary N) is 1. The molecule has 0 aliphatic carbocycles. The van der Waals surface area contributed by atoms with Crippen LogP contribution in [0.1, 0.15) is 10.4 Å². The maximum atomic E-state index is 11.9. The summed E-state index contributed by atoms with van der Waals surface area (Å²) in [7, 11) is 0. The van der Waals surface area contributed by atoms with Crippen LogP contribution < -0.4 is 16.0 Å². The second kappa shape index (κ2) is 6.60. The number of primary amides is 1. The number of carbonyl (C=O) groups excluding carboxylic acids is 1. The van der Waals surface area contributed by atoms with Crippen molar-refractivity contribution in [2.24, 2.45) is 5.73 Å². The molecule has 0 spiro atoms. The van der Waals surface area contributed by atoms with E-state index in [1.54, 1.807) is 12.3 Å². The summed E-state index contributed by atoms with van der Waals surface area (Å²) in [6, 6.07) is 13.3. The quantitative estimate of drug-likeness (QED) is 0.752. The van der Waals surface area contributed by atoms with Crippen LogP contribution in [0.4, 0.5) is 17.3 Å². The van der Waals surface area contributed by atoms with E-state index >= 15 is 0 Å². The lowest BCUT2D eigenvalue weighted by Gasteiger charge is -2.22. The lowest BCUT2D eigenvalue weighted by molar-refractivity contribution is 0.100. The number of nitrogens with zero attached hydrogens (tertiary/aromatic N) is 3. The van der Waals surface area contributed by atoms with Crippen molar-refractivity contribution in [3.8, 4) is 0 Å². The topological polar surface area (TPSA) is 84.1 Å². The first-order valence-corrected chi connectivity index (χ1v) is 9.12. The van der Waals surface area contributed by atoms with Crippen LogP contribution in [0.3, 0.4) is 0 Å². The number of thioether (sulfide) groups is 1. The Bertz CT molecular complexity index is 940. The fourth-order valence-corrected chi connectivity index (χ4v) is 3.86. The van der Waals surface area contributed by atoms with Crippen molar-refractivity contribution in [1.29, 1.82) is 0 Å². The molecule has 7 heteroatoms. The molecule has 1 aliphatic heterocycles. The molecule has 0 saturated carbocycles. The number of hydrogen-bond donors (Lipinski definition) is 2. The Labute approximate surface area is 149 Å². The number of nitrogens with two attached hydrogens (primary N) is 1. The zero-order valence-corrected chi connectivity index (χ0v) is 14.3. The van der Waals surface area contributed by atoms with E-state index in [0.29, 0.717) is 17.2 Å². The molecule has 3 aromatic rings. The van der Waals surface area contributed by atoms with E-state index in [0.717, 1.165) is 34.8 Å². The number of amides is 1. The Morgan fingerprint density at radius 1 is 1.20 bits per heavy atom. The largest absolute Gasteiger partial charge is 0.366 e. The molecule has 0 bridgehead atoms. The van der Waals surface area contributed by atoms with Gasteiger partial charge in [0.05, 0.1) is 28.3 Å². The number of carbonyl (C=O) groups is 1. The summed E-state index contributed by atoms with van der Waals surface area (Å²) in [5.41, 5.74) is 8.46. The first-order valence-electron chi connectivity index (χ1n) is 7.97. The number of rotatable bonds is 4. The van der Waals surface area contributed by atoms with Crippen LogP contribution in [0.2, 0.25) is 0 Å². The van der Waals surface area contributed by atoms with Gasteiger partial charge in [0.25, 0.3) is 5.91 Å². The minimum Gasteiger partial charge on any atom is -0.366 e. The monoisotopic (exact) mass is 351 g/mol. The molecule has 4 rings (SSSR count). The maximum absolute atomic E-state index is 11.9. The van der Waals surface area contributed by atoms with Crippen molar-refractivity contribution in [3.63, 3.8) is 0 Å². The highest BCUT2D eigenvalue weighted by Crippen LogP contribution is 2.34. The van der Waals surface area contributed by atoms with Gasteiger partial charge in [0.2, 0.25) is 5.95 Å². The van der Waals surface area contributed by atoms with Gasteiger partial charge in [-0.2, -0.15) is 0 Å². The predicted octanol–water partition coefficient (Wildman–Crippen LogP) is 2.98. The summed E-state index contributed by atoms with van der Waals surface area (Å²) in [6.45, 7) is 0.931. The summed E-state index contributed by atoms with van der Waals surface area (Å²) in [4.78, 5) is 23.0. The van der Waals surface area contributed by atoms with E-state index in [1.165, 1.54) is 0 Å². The van der Waals surface area contributed by atoms with Crippen molar-refractivity contribution in [3.05, 3.63) is 54.2 Å². The van der Waals surface area contributed by atoms with Crippen molar-refractivity contribution in [2.45, 2.75) is 0 Å². The minimum atomic E-state index is -0.475. The highest BCUT2D eigenvalue weighted by atomic mass is 32.2. The third-order valence-corrected chi connectivity index (χ3v) is 5.09. The molecule has 1 aromatic heterocycles. The molecule has 1 amide bonds. The van der Waals surface area contributed by atoms with E-state index in [9.17, 15) is 4.79 Å². The number of hydrogen-bond acceptors (Lipinski definition) is 6. The molecular weight excluding hydrogens is 334 g/mol. The zero-order valence-electron chi connectivity index (χ0n) is 13.5. The van der Waals surface area contributed by atoms with Gasteiger partial charge in [-0.15, -0.1) is 11.8 Å². The average molecular weight is 351 g/mol. The van der Waals surface area contributed by atoms with E-state index in [4.69, 9.17) is 5.73 Å². The lowest BCUT2D eigenvalue weighted by atomic mass is 10.1. The lowest BCUT2D eigenvalue weighted by Crippen LogP contribution is -2.22. The molecule has 126 valence electrons. The van der Waals surface area contributed by atoms with Gasteiger partial charge in [-0.05, 0) is 18.2 Å². The molecule has 0 unspecified atom stereocenters. The van der Waals surface area contributed by atoms with Gasteiger partial charge in [-0.25, -0.2) is 9.97 Å². The van der Waals surface area contributed by atoms with E-state index in [-0.39, 0.29) is 0 Å². The smallest absolute Gasteiger partial charge is 0.250 e. The summed E-state index contributed by atoms with van der Waals surface area (Å²) in [6.07, 6.45) is 1.77. The standard InChI is InChI=1S/C18H17N5OS/c19-17(24)13-5-3-7-15(23-8-9-25-11-23)16(13)22-18-20-10-12-4-1-2-6-14(12)21-18/h1-7,10H,8-9,11H2,(H2,19,24)(H,20,21,22). The second-order valence-electron chi connectivity index (χ2n) is 5.74. The van der Waals surface area contributed by atoms with Gasteiger partial charge in [-0.1, -0.05) is 24.3 Å². The van der Waals surface area contributed by atoms with Crippen LogP contribution in [-0.2, 0) is 0 Å². The second-order valence-corrected chi connectivity index (χ2v) is 6.82. The summed E-state index contributed by atoms with van der Waals surface area (Å²) >= 11 is 1.86. The van der Waals surface area contributed by atoms with Gasteiger partial charge in [0, 0.05) is 23.9 Å². The van der Waals surface area contributed by atoms with Gasteiger partial charge in [0.1, 0.15) is 0 Å². The molecule has 2 aromatic carbocycles. The Morgan fingerprint density at radius 3 is 2.88 bits per heavy atom. The summed E-state index contributed by atoms with van der Waals surface area (Å²) in [5, 5.41) is 4.18. The van der Waals surface area contributed by atoms with Crippen LogP contribution in [0.5, 0.6) is 0 Å². The Kier molecular flexibility index (Phi) is 4.15. The normalized spacial score (nSPS) is 14.0. The number of anilines is 3. The van der Waals surface area contributed by atoms with Crippen molar-refractivity contribution < 1.29 is 4.79 Å². The number of benzene rings is 2. The Balaban J connectivity index is 1.77. The van der Waals surface area contributed by atoms with Crippen molar-refractivity contribution >= 4 is 45.9 Å². The molecule has 0 atom stereocenters. The van der Waals surface area contributed by atoms with E-state index < -0.39 is 5.91 Å². The summed E-state index contributed by atoms with van der Waals surface area (Å²) < 4.78 is 0. The van der Waals surface area contributed by atoms with E-state index in [1.807, 2.05) is 48.2 Å². The van der Waals surface area contributed by atoms with E-state index in [2.05, 4.69) is 20.2 Å². The van der Waals surface area contributed by atoms with Crippen LogP contribution in [0.25, 0.3) is 10.9 Å². The average Bonchev–Trinajstić information content (AvgIpc) is 3.16. The summed E-state index contributed by atoms with van der Waals surface area (Å²) in [5.74, 6) is 1.92. The molecule has 25 heavy (non-hydrogen) atoms. The highest BCUT2D eigenvalue weighted by Gasteiger charge is 2.20. The SMILES string of the molecule is NC(=O)c1cccc(N2CCSC2)c1Nc1ncc2ccccc2n1. The fourth-order valence-electron chi connectivity index (χ4n) is 2.89. The van der Waals surface area contributed by atoms with Gasteiger partial charge in [0.15, 0.2) is 0 Å². The molecule has 3 N–H and O–H groups in total. The fraction of sp³-hybridized carbons (Fsp3) is 0.167. The zero-order chi connectivity index (χ0) is 17.2. The van der Waals surface area contributed by atoms with Crippen LogP contribution in [0, 0.1) is 0 Å². The van der Waals surface area contributed by atoms with Crippen molar-refractivity contribution in [2.75, 3.05) is 28.4 Å². The molecule has 1 saturated heterocycles. The van der Waals surface area contributed by atoms with Gasteiger partial charge >= 0.3 is 0 Å². The first kappa shape index (κ1) is 15.7. The third-order valence-electron chi connectivity index (χ3n) is 4.13. The molecule has 1 fully saturated rings.